The third-order valence-electron chi connectivity index (χ3n) is 4.76. The standard InChI is InChI=1S/C16H24N4O/c1-16(5-8-17-9-6-16)15(21)20-12-10-19(11-13-20)14-4-2-3-7-18-14/h2-4,7,17H,5-6,8-13H2,1H3. The van der Waals surface area contributed by atoms with E-state index in [1.807, 2.05) is 29.3 Å². The van der Waals surface area contributed by atoms with Crippen molar-refractivity contribution in [3.05, 3.63) is 24.4 Å². The molecule has 2 aliphatic heterocycles. The molecule has 0 unspecified atom stereocenters. The zero-order valence-corrected chi connectivity index (χ0v) is 12.7. The van der Waals surface area contributed by atoms with Crippen molar-refractivity contribution in [2.24, 2.45) is 5.41 Å². The minimum atomic E-state index is -0.168. The lowest BCUT2D eigenvalue weighted by Crippen LogP contribution is -2.54. The summed E-state index contributed by atoms with van der Waals surface area (Å²) in [5.41, 5.74) is -0.168. The molecule has 2 saturated heterocycles. The van der Waals surface area contributed by atoms with Crippen LogP contribution in [0.4, 0.5) is 5.82 Å². The lowest BCUT2D eigenvalue weighted by Gasteiger charge is -2.41. The number of pyridine rings is 1. The molecule has 0 aliphatic carbocycles. The molecule has 21 heavy (non-hydrogen) atoms. The Kier molecular flexibility index (Phi) is 4.10. The van der Waals surface area contributed by atoms with E-state index in [0.717, 1.165) is 57.9 Å². The van der Waals surface area contributed by atoms with Crippen LogP contribution in [0.25, 0.3) is 0 Å². The molecule has 1 aromatic heterocycles. The fraction of sp³-hybridized carbons (Fsp3) is 0.625. The molecular formula is C16H24N4O. The smallest absolute Gasteiger partial charge is 0.228 e. The van der Waals surface area contributed by atoms with Crippen molar-refractivity contribution < 1.29 is 4.79 Å². The van der Waals surface area contributed by atoms with E-state index >= 15 is 0 Å². The molecule has 5 nitrogen and oxygen atoms in total. The molecule has 5 heteroatoms. The summed E-state index contributed by atoms with van der Waals surface area (Å²) >= 11 is 0. The largest absolute Gasteiger partial charge is 0.353 e. The number of hydrogen-bond acceptors (Lipinski definition) is 4. The number of nitrogens with one attached hydrogen (secondary N) is 1. The number of piperazine rings is 1. The summed E-state index contributed by atoms with van der Waals surface area (Å²) in [6.07, 6.45) is 3.72. The molecule has 0 aromatic carbocycles. The fourth-order valence-corrected chi connectivity index (χ4v) is 3.25. The maximum Gasteiger partial charge on any atom is 0.228 e. The van der Waals surface area contributed by atoms with Crippen molar-refractivity contribution in [3.63, 3.8) is 0 Å². The quantitative estimate of drug-likeness (QED) is 0.886. The average molecular weight is 288 g/mol. The third kappa shape index (κ3) is 3.02. The van der Waals surface area contributed by atoms with Gasteiger partial charge in [-0.25, -0.2) is 4.98 Å². The van der Waals surface area contributed by atoms with Crippen molar-refractivity contribution in [2.45, 2.75) is 19.8 Å². The van der Waals surface area contributed by atoms with Crippen molar-refractivity contribution in [2.75, 3.05) is 44.2 Å². The Labute approximate surface area is 126 Å². The van der Waals surface area contributed by atoms with Gasteiger partial charge >= 0.3 is 0 Å². The fourth-order valence-electron chi connectivity index (χ4n) is 3.25. The number of piperidine rings is 1. The summed E-state index contributed by atoms with van der Waals surface area (Å²) in [4.78, 5) is 21.5. The number of amides is 1. The Balaban J connectivity index is 1.59. The molecule has 2 fully saturated rings. The van der Waals surface area contributed by atoms with Crippen LogP contribution in [0.2, 0.25) is 0 Å². The second kappa shape index (κ2) is 6.02. The summed E-state index contributed by atoms with van der Waals surface area (Å²) in [5, 5.41) is 3.34. The van der Waals surface area contributed by atoms with E-state index in [-0.39, 0.29) is 5.41 Å². The van der Waals surface area contributed by atoms with Crippen molar-refractivity contribution in [1.82, 2.24) is 15.2 Å². The Morgan fingerprint density at radius 2 is 1.90 bits per heavy atom. The van der Waals surface area contributed by atoms with E-state index in [4.69, 9.17) is 0 Å². The molecule has 2 aliphatic rings. The summed E-state index contributed by atoms with van der Waals surface area (Å²) < 4.78 is 0. The van der Waals surface area contributed by atoms with Gasteiger partial charge in [0.05, 0.1) is 0 Å². The van der Waals surface area contributed by atoms with E-state index in [1.54, 1.807) is 0 Å². The van der Waals surface area contributed by atoms with Gasteiger partial charge in [0, 0.05) is 37.8 Å². The molecular weight excluding hydrogens is 264 g/mol. The highest BCUT2D eigenvalue weighted by Crippen LogP contribution is 2.31. The molecule has 0 atom stereocenters. The van der Waals surface area contributed by atoms with E-state index in [9.17, 15) is 4.79 Å². The molecule has 0 spiro atoms. The number of anilines is 1. The van der Waals surface area contributed by atoms with Gasteiger partial charge in [-0.15, -0.1) is 0 Å². The summed E-state index contributed by atoms with van der Waals surface area (Å²) in [5.74, 6) is 1.35. The van der Waals surface area contributed by atoms with Crippen LogP contribution in [0.15, 0.2) is 24.4 Å². The number of aromatic nitrogens is 1. The first-order valence-electron chi connectivity index (χ1n) is 7.85. The van der Waals surface area contributed by atoms with Crippen LogP contribution in [0.1, 0.15) is 19.8 Å². The summed E-state index contributed by atoms with van der Waals surface area (Å²) in [6, 6.07) is 5.97. The van der Waals surface area contributed by atoms with Crippen LogP contribution in [-0.2, 0) is 4.79 Å². The third-order valence-corrected chi connectivity index (χ3v) is 4.76. The van der Waals surface area contributed by atoms with Gasteiger partial charge in [0.25, 0.3) is 0 Å². The predicted molar refractivity (Wildman–Crippen MR) is 83.2 cm³/mol. The summed E-state index contributed by atoms with van der Waals surface area (Å²) in [6.45, 7) is 7.39. The zero-order chi connectivity index (χ0) is 14.7. The van der Waals surface area contributed by atoms with Gasteiger partial charge in [-0.1, -0.05) is 13.0 Å². The lowest BCUT2D eigenvalue weighted by atomic mass is 9.79. The van der Waals surface area contributed by atoms with Crippen LogP contribution in [0.3, 0.4) is 0 Å². The van der Waals surface area contributed by atoms with Crippen LogP contribution in [0.5, 0.6) is 0 Å². The maximum absolute atomic E-state index is 12.8. The molecule has 3 rings (SSSR count). The normalized spacial score (nSPS) is 22.1. The highest BCUT2D eigenvalue weighted by molar-refractivity contribution is 5.82. The van der Waals surface area contributed by atoms with Crippen molar-refractivity contribution in [3.8, 4) is 0 Å². The van der Waals surface area contributed by atoms with Crippen LogP contribution >= 0.6 is 0 Å². The molecule has 3 heterocycles. The number of rotatable bonds is 2. The van der Waals surface area contributed by atoms with Crippen molar-refractivity contribution in [1.29, 1.82) is 0 Å². The second-order valence-corrected chi connectivity index (χ2v) is 6.28. The highest BCUT2D eigenvalue weighted by atomic mass is 16.2. The van der Waals surface area contributed by atoms with Crippen LogP contribution < -0.4 is 10.2 Å². The SMILES string of the molecule is CC1(C(=O)N2CCN(c3ccccn3)CC2)CCNCC1. The number of carbonyl (C=O) groups is 1. The van der Waals surface area contributed by atoms with Gasteiger partial charge in [-0.3, -0.25) is 4.79 Å². The minimum absolute atomic E-state index is 0.168. The molecule has 0 saturated carbocycles. The maximum atomic E-state index is 12.8. The van der Waals surface area contributed by atoms with Gasteiger partial charge < -0.3 is 15.1 Å². The molecule has 0 radical (unpaired) electrons. The Bertz CT molecular complexity index is 476. The van der Waals surface area contributed by atoms with Crippen molar-refractivity contribution >= 4 is 11.7 Å². The number of carbonyl (C=O) groups excluding carboxylic acids is 1. The van der Waals surface area contributed by atoms with Gasteiger partial charge in [-0.05, 0) is 38.1 Å². The van der Waals surface area contributed by atoms with E-state index in [1.165, 1.54) is 0 Å². The molecule has 1 amide bonds. The molecule has 1 N–H and O–H groups in total. The number of hydrogen-bond donors (Lipinski definition) is 1. The van der Waals surface area contributed by atoms with Gasteiger partial charge in [0.1, 0.15) is 5.82 Å². The monoisotopic (exact) mass is 288 g/mol. The van der Waals surface area contributed by atoms with Gasteiger partial charge in [0.15, 0.2) is 0 Å². The van der Waals surface area contributed by atoms with E-state index in [0.29, 0.717) is 5.91 Å². The van der Waals surface area contributed by atoms with Crippen LogP contribution in [0, 0.1) is 5.41 Å². The Morgan fingerprint density at radius 3 is 2.52 bits per heavy atom. The topological polar surface area (TPSA) is 48.5 Å². The molecule has 114 valence electrons. The minimum Gasteiger partial charge on any atom is -0.353 e. The summed E-state index contributed by atoms with van der Waals surface area (Å²) in [7, 11) is 0. The number of nitrogens with zero attached hydrogens (tertiary/aromatic N) is 3. The first-order chi connectivity index (χ1) is 10.2. The van der Waals surface area contributed by atoms with Gasteiger partial charge in [-0.2, -0.15) is 0 Å². The first kappa shape index (κ1) is 14.3. The van der Waals surface area contributed by atoms with E-state index < -0.39 is 0 Å². The molecule has 0 bridgehead atoms. The lowest BCUT2D eigenvalue weighted by molar-refractivity contribution is -0.143. The first-order valence-corrected chi connectivity index (χ1v) is 7.85. The van der Waals surface area contributed by atoms with Gasteiger partial charge in [0.2, 0.25) is 5.91 Å². The zero-order valence-electron chi connectivity index (χ0n) is 12.7. The second-order valence-electron chi connectivity index (χ2n) is 6.28. The highest BCUT2D eigenvalue weighted by Gasteiger charge is 2.38. The predicted octanol–water partition coefficient (Wildman–Crippen LogP) is 1.12. The van der Waals surface area contributed by atoms with Crippen LogP contribution in [-0.4, -0.2) is 55.1 Å². The Hall–Kier alpha value is -1.62. The molecule has 1 aromatic rings. The Morgan fingerprint density at radius 1 is 1.19 bits per heavy atom. The van der Waals surface area contributed by atoms with E-state index in [2.05, 4.69) is 22.1 Å². The average Bonchev–Trinajstić information content (AvgIpc) is 2.56.